The summed E-state index contributed by atoms with van der Waals surface area (Å²) < 4.78 is 0. The minimum atomic E-state index is -0.392. The molecule has 0 amide bonds. The Bertz CT molecular complexity index is 600. The molecule has 1 aliphatic heterocycles. The van der Waals surface area contributed by atoms with Crippen molar-refractivity contribution in [3.8, 4) is 0 Å². The molecule has 0 saturated carbocycles. The number of aliphatic imine (C=N–C) groups is 1. The van der Waals surface area contributed by atoms with Crippen LogP contribution in [-0.4, -0.2) is 41.0 Å². The van der Waals surface area contributed by atoms with E-state index in [2.05, 4.69) is 20.4 Å². The second-order valence-electron chi connectivity index (χ2n) is 5.16. The average molecular weight is 335 g/mol. The third kappa shape index (κ3) is 5.24. The lowest BCUT2D eigenvalue weighted by Gasteiger charge is -2.12. The highest BCUT2D eigenvalue weighted by Gasteiger charge is 2.14. The molecule has 1 heterocycles. The predicted molar refractivity (Wildman–Crippen MR) is 94.8 cm³/mol. The average Bonchev–Trinajstić information content (AvgIpc) is 2.95. The molecule has 0 radical (unpaired) electrons. The van der Waals surface area contributed by atoms with Gasteiger partial charge in [-0.2, -0.15) is 5.10 Å². The smallest absolute Gasteiger partial charge is 0.269 e. The second-order valence-corrected chi connectivity index (χ2v) is 6.12. The fraction of sp³-hybridized carbons (Fsp3) is 0.467. The first-order chi connectivity index (χ1) is 11.1. The fourth-order valence-corrected chi connectivity index (χ4v) is 3.00. The van der Waals surface area contributed by atoms with Crippen LogP contribution in [-0.2, 0) is 5.75 Å². The van der Waals surface area contributed by atoms with Crippen molar-refractivity contribution < 1.29 is 4.92 Å². The molecule has 2 rings (SSSR count). The lowest BCUT2D eigenvalue weighted by Crippen LogP contribution is -2.24. The topological polar surface area (TPSA) is 83.1 Å². The number of nitrogens with one attached hydrogen (secondary N) is 1. The first-order valence-corrected chi connectivity index (χ1v) is 8.53. The second kappa shape index (κ2) is 8.52. The third-order valence-corrected chi connectivity index (χ3v) is 4.41. The van der Waals surface area contributed by atoms with Crippen molar-refractivity contribution in [3.63, 3.8) is 0 Å². The van der Waals surface area contributed by atoms with Crippen molar-refractivity contribution in [3.05, 3.63) is 39.9 Å². The number of nitrogens with zero attached hydrogens (tertiary/aromatic N) is 4. The van der Waals surface area contributed by atoms with Gasteiger partial charge in [-0.3, -0.25) is 20.5 Å². The number of nitro benzene ring substituents is 1. The molecule has 8 heteroatoms. The zero-order valence-corrected chi connectivity index (χ0v) is 14.2. The van der Waals surface area contributed by atoms with E-state index in [-0.39, 0.29) is 5.69 Å². The molecule has 124 valence electrons. The molecule has 0 unspecified atom stereocenters. The van der Waals surface area contributed by atoms with Gasteiger partial charge in [0.15, 0.2) is 5.17 Å². The Balaban J connectivity index is 1.92. The lowest BCUT2D eigenvalue weighted by molar-refractivity contribution is -0.384. The predicted octanol–water partition coefficient (Wildman–Crippen LogP) is 2.83. The summed E-state index contributed by atoms with van der Waals surface area (Å²) in [6.07, 6.45) is 2.11. The Kier molecular flexibility index (Phi) is 6.40. The fourth-order valence-electron chi connectivity index (χ4n) is 2.17. The van der Waals surface area contributed by atoms with Crippen molar-refractivity contribution in [1.82, 2.24) is 10.3 Å². The molecule has 1 saturated heterocycles. The minimum absolute atomic E-state index is 0.106. The molecule has 1 N–H and O–H groups in total. The van der Waals surface area contributed by atoms with Gasteiger partial charge in [-0.15, -0.1) is 0 Å². The minimum Gasteiger partial charge on any atom is -0.362 e. The summed E-state index contributed by atoms with van der Waals surface area (Å²) in [6.45, 7) is 3.69. The number of benzene rings is 1. The summed E-state index contributed by atoms with van der Waals surface area (Å²) in [6, 6.07) is 6.58. The molecule has 1 aromatic carbocycles. The number of hydrogen-bond donors (Lipinski definition) is 1. The number of non-ortho nitro benzene ring substituents is 1. The number of hydrogen-bond acceptors (Lipinski definition) is 5. The van der Waals surface area contributed by atoms with Crippen LogP contribution in [0, 0.1) is 10.1 Å². The van der Waals surface area contributed by atoms with Crippen LogP contribution in [0.25, 0.3) is 0 Å². The Labute approximate surface area is 140 Å². The summed E-state index contributed by atoms with van der Waals surface area (Å²) in [5.41, 5.74) is 4.16. The van der Waals surface area contributed by atoms with E-state index in [0.29, 0.717) is 12.3 Å². The molecule has 7 nitrogen and oxygen atoms in total. The van der Waals surface area contributed by atoms with Crippen LogP contribution in [0.4, 0.5) is 5.69 Å². The Morgan fingerprint density at radius 1 is 1.43 bits per heavy atom. The molecular weight excluding hydrogens is 314 g/mol. The molecule has 0 spiro atoms. The molecule has 1 fully saturated rings. The quantitative estimate of drug-likeness (QED) is 0.387. The van der Waals surface area contributed by atoms with Crippen LogP contribution >= 0.6 is 11.8 Å². The Morgan fingerprint density at radius 3 is 2.74 bits per heavy atom. The van der Waals surface area contributed by atoms with Crippen LogP contribution in [0.2, 0.25) is 0 Å². The SMILES string of the molecule is CCN=C(N/N=C1/CCCN1C)SCc1ccc([N+](=O)[O-])cc1. The number of nitro groups is 1. The van der Waals surface area contributed by atoms with Gasteiger partial charge in [0.25, 0.3) is 5.69 Å². The largest absolute Gasteiger partial charge is 0.362 e. The van der Waals surface area contributed by atoms with Crippen molar-refractivity contribution in [1.29, 1.82) is 0 Å². The first kappa shape index (κ1) is 17.3. The van der Waals surface area contributed by atoms with Crippen LogP contribution < -0.4 is 5.43 Å². The molecule has 23 heavy (non-hydrogen) atoms. The zero-order valence-electron chi connectivity index (χ0n) is 13.4. The monoisotopic (exact) mass is 335 g/mol. The van der Waals surface area contributed by atoms with E-state index in [0.717, 1.165) is 36.0 Å². The van der Waals surface area contributed by atoms with Gasteiger partial charge in [0.2, 0.25) is 0 Å². The molecular formula is C15H21N5O2S. The first-order valence-electron chi connectivity index (χ1n) is 7.54. The van der Waals surface area contributed by atoms with E-state index in [1.165, 1.54) is 12.1 Å². The van der Waals surface area contributed by atoms with Gasteiger partial charge in [-0.05, 0) is 18.9 Å². The third-order valence-electron chi connectivity index (χ3n) is 3.44. The van der Waals surface area contributed by atoms with Crippen molar-refractivity contribution in [2.75, 3.05) is 20.1 Å². The van der Waals surface area contributed by atoms with Gasteiger partial charge in [-0.25, -0.2) is 0 Å². The van der Waals surface area contributed by atoms with Crippen LogP contribution in [0.5, 0.6) is 0 Å². The van der Waals surface area contributed by atoms with Crippen molar-refractivity contribution >= 4 is 28.5 Å². The van der Waals surface area contributed by atoms with Crippen molar-refractivity contribution in [2.45, 2.75) is 25.5 Å². The van der Waals surface area contributed by atoms with E-state index in [1.807, 2.05) is 14.0 Å². The Morgan fingerprint density at radius 2 is 2.17 bits per heavy atom. The summed E-state index contributed by atoms with van der Waals surface area (Å²) in [4.78, 5) is 16.8. The van der Waals surface area contributed by atoms with E-state index < -0.39 is 4.92 Å². The number of thioether (sulfide) groups is 1. The van der Waals surface area contributed by atoms with Gasteiger partial charge in [-0.1, -0.05) is 23.9 Å². The maximum absolute atomic E-state index is 10.7. The van der Waals surface area contributed by atoms with Gasteiger partial charge >= 0.3 is 0 Å². The van der Waals surface area contributed by atoms with E-state index in [9.17, 15) is 10.1 Å². The molecule has 0 aromatic heterocycles. The maximum Gasteiger partial charge on any atom is 0.269 e. The van der Waals surface area contributed by atoms with Crippen LogP contribution in [0.15, 0.2) is 34.4 Å². The van der Waals surface area contributed by atoms with E-state index in [4.69, 9.17) is 0 Å². The number of hydrazone groups is 1. The zero-order chi connectivity index (χ0) is 16.7. The van der Waals surface area contributed by atoms with E-state index >= 15 is 0 Å². The lowest BCUT2D eigenvalue weighted by atomic mass is 10.2. The molecule has 0 bridgehead atoms. The summed E-state index contributed by atoms with van der Waals surface area (Å²) in [7, 11) is 2.04. The van der Waals surface area contributed by atoms with Gasteiger partial charge in [0, 0.05) is 44.4 Å². The maximum atomic E-state index is 10.7. The number of amidine groups is 2. The summed E-state index contributed by atoms with van der Waals surface area (Å²) >= 11 is 1.54. The number of likely N-dealkylation sites (tertiary alicyclic amines) is 1. The molecule has 1 aromatic rings. The highest BCUT2D eigenvalue weighted by molar-refractivity contribution is 8.13. The summed E-state index contributed by atoms with van der Waals surface area (Å²) in [5, 5.41) is 15.8. The van der Waals surface area contributed by atoms with Gasteiger partial charge in [0.1, 0.15) is 5.84 Å². The van der Waals surface area contributed by atoms with Crippen LogP contribution in [0.1, 0.15) is 25.3 Å². The highest BCUT2D eigenvalue weighted by atomic mass is 32.2. The molecule has 1 aliphatic rings. The normalized spacial score (nSPS) is 16.9. The standard InChI is InChI=1S/C15H21N5O2S/c1-3-16-15(18-17-14-5-4-10-19(14)2)23-11-12-6-8-13(9-7-12)20(21)22/h6-9H,3-5,10-11H2,1-2H3,(H,16,18)/b17-14-. The molecule has 0 atom stereocenters. The summed E-state index contributed by atoms with van der Waals surface area (Å²) in [5.74, 6) is 1.73. The highest BCUT2D eigenvalue weighted by Crippen LogP contribution is 2.17. The molecule has 0 aliphatic carbocycles. The van der Waals surface area contributed by atoms with Crippen LogP contribution in [0.3, 0.4) is 0 Å². The Hall–Kier alpha value is -2.09. The van der Waals surface area contributed by atoms with Gasteiger partial charge in [0.05, 0.1) is 4.92 Å². The number of rotatable bonds is 5. The van der Waals surface area contributed by atoms with E-state index in [1.54, 1.807) is 23.9 Å². The van der Waals surface area contributed by atoms with Gasteiger partial charge < -0.3 is 4.90 Å². The van der Waals surface area contributed by atoms with Crippen molar-refractivity contribution in [2.24, 2.45) is 10.1 Å².